The molecule has 0 radical (unpaired) electrons. The Bertz CT molecular complexity index is 624. The molecule has 1 unspecified atom stereocenters. The second kappa shape index (κ2) is 5.97. The molecule has 3 rings (SSSR count). The molecule has 1 aromatic carbocycles. The Morgan fingerprint density at radius 2 is 2.19 bits per heavy atom. The van der Waals surface area contributed by atoms with Gasteiger partial charge in [-0.05, 0) is 37.7 Å². The van der Waals surface area contributed by atoms with Gasteiger partial charge in [0.25, 0.3) is 0 Å². The van der Waals surface area contributed by atoms with Crippen molar-refractivity contribution in [3.05, 3.63) is 30.1 Å². The predicted octanol–water partition coefficient (Wildman–Crippen LogP) is 0.632. The Morgan fingerprint density at radius 1 is 1.33 bits per heavy atom. The van der Waals surface area contributed by atoms with Gasteiger partial charge in [0.05, 0.1) is 0 Å². The van der Waals surface area contributed by atoms with Crippen LogP contribution in [0.3, 0.4) is 0 Å². The normalized spacial score (nSPS) is 18.7. The average molecular weight is 287 g/mol. The fourth-order valence-corrected chi connectivity index (χ4v) is 2.58. The van der Waals surface area contributed by atoms with Crippen LogP contribution in [0.2, 0.25) is 0 Å². The van der Waals surface area contributed by atoms with Gasteiger partial charge in [0.15, 0.2) is 12.1 Å². The van der Waals surface area contributed by atoms with E-state index in [0.29, 0.717) is 11.3 Å². The molecule has 7 heteroatoms. The highest BCUT2D eigenvalue weighted by atomic mass is 16.5. The van der Waals surface area contributed by atoms with Crippen molar-refractivity contribution in [1.82, 2.24) is 14.8 Å². The van der Waals surface area contributed by atoms with Crippen molar-refractivity contribution in [2.75, 3.05) is 6.61 Å². The molecule has 2 aromatic rings. The van der Waals surface area contributed by atoms with Crippen molar-refractivity contribution in [2.24, 2.45) is 0 Å². The Balaban J connectivity index is 1.84. The maximum absolute atomic E-state index is 9.24. The summed E-state index contributed by atoms with van der Waals surface area (Å²) < 4.78 is 7.44. The van der Waals surface area contributed by atoms with Crippen LogP contribution in [0, 0.1) is 6.92 Å². The molecule has 21 heavy (non-hydrogen) atoms. The SMILES string of the molecule is Cc1cc(-c2ncn(C3CCCCO3)n2)ccc1B(O)O. The molecule has 0 spiro atoms. The van der Waals surface area contributed by atoms with E-state index >= 15 is 0 Å². The monoisotopic (exact) mass is 287 g/mol. The molecule has 110 valence electrons. The topological polar surface area (TPSA) is 80.4 Å². The minimum absolute atomic E-state index is 0.0281. The van der Waals surface area contributed by atoms with Gasteiger partial charge in [-0.25, -0.2) is 9.67 Å². The molecule has 2 heterocycles. The van der Waals surface area contributed by atoms with Gasteiger partial charge in [-0.2, -0.15) is 0 Å². The van der Waals surface area contributed by atoms with Gasteiger partial charge in [0.1, 0.15) is 6.33 Å². The molecule has 2 N–H and O–H groups in total. The van der Waals surface area contributed by atoms with Crippen LogP contribution in [0.1, 0.15) is 31.1 Å². The minimum atomic E-state index is -1.46. The van der Waals surface area contributed by atoms with E-state index in [1.165, 1.54) is 0 Å². The quantitative estimate of drug-likeness (QED) is 0.809. The van der Waals surface area contributed by atoms with Gasteiger partial charge in [-0.15, -0.1) is 5.10 Å². The number of hydrogen-bond acceptors (Lipinski definition) is 5. The summed E-state index contributed by atoms with van der Waals surface area (Å²) in [7, 11) is -1.46. The number of ether oxygens (including phenoxy) is 1. The summed E-state index contributed by atoms with van der Waals surface area (Å²) >= 11 is 0. The third-order valence-corrected chi connectivity index (χ3v) is 3.77. The molecule has 1 saturated heterocycles. The first-order valence-electron chi connectivity index (χ1n) is 7.15. The van der Waals surface area contributed by atoms with Crippen molar-refractivity contribution < 1.29 is 14.8 Å². The standard InChI is InChI=1S/C14H18BN3O3/c1-10-8-11(5-6-12(10)15(19)20)14-16-9-18(17-14)13-4-2-3-7-21-13/h5-6,8-9,13,19-20H,2-4,7H2,1H3. The third kappa shape index (κ3) is 3.00. The van der Waals surface area contributed by atoms with Gasteiger partial charge >= 0.3 is 7.12 Å². The predicted molar refractivity (Wildman–Crippen MR) is 78.9 cm³/mol. The zero-order valence-corrected chi connectivity index (χ0v) is 11.9. The second-order valence-electron chi connectivity index (χ2n) is 5.31. The summed E-state index contributed by atoms with van der Waals surface area (Å²) in [6, 6.07) is 5.34. The first kappa shape index (κ1) is 14.3. The summed E-state index contributed by atoms with van der Waals surface area (Å²) in [5.74, 6) is 0.617. The first-order valence-corrected chi connectivity index (χ1v) is 7.15. The fourth-order valence-electron chi connectivity index (χ4n) is 2.58. The molecule has 1 aromatic heterocycles. The third-order valence-electron chi connectivity index (χ3n) is 3.77. The van der Waals surface area contributed by atoms with Crippen LogP contribution in [0.4, 0.5) is 0 Å². The van der Waals surface area contributed by atoms with Crippen LogP contribution in [-0.2, 0) is 4.74 Å². The van der Waals surface area contributed by atoms with Crippen molar-refractivity contribution >= 4 is 12.6 Å². The Morgan fingerprint density at radius 3 is 2.86 bits per heavy atom. The highest BCUT2D eigenvalue weighted by Crippen LogP contribution is 2.23. The van der Waals surface area contributed by atoms with Crippen molar-refractivity contribution in [3.63, 3.8) is 0 Å². The summed E-state index contributed by atoms with van der Waals surface area (Å²) in [4.78, 5) is 4.32. The highest BCUT2D eigenvalue weighted by molar-refractivity contribution is 6.59. The molecular formula is C14H18BN3O3. The largest absolute Gasteiger partial charge is 0.488 e. The van der Waals surface area contributed by atoms with E-state index in [1.807, 2.05) is 13.0 Å². The van der Waals surface area contributed by atoms with Gasteiger partial charge in [0, 0.05) is 12.2 Å². The molecule has 1 aliphatic rings. The van der Waals surface area contributed by atoms with E-state index in [1.54, 1.807) is 23.1 Å². The fraction of sp³-hybridized carbons (Fsp3) is 0.429. The van der Waals surface area contributed by atoms with E-state index in [9.17, 15) is 10.0 Å². The van der Waals surface area contributed by atoms with Crippen LogP contribution >= 0.6 is 0 Å². The van der Waals surface area contributed by atoms with Crippen LogP contribution in [-0.4, -0.2) is 38.5 Å². The second-order valence-corrected chi connectivity index (χ2v) is 5.31. The van der Waals surface area contributed by atoms with E-state index in [2.05, 4.69) is 10.1 Å². The smallest absolute Gasteiger partial charge is 0.423 e. The van der Waals surface area contributed by atoms with Crippen LogP contribution < -0.4 is 5.46 Å². The molecule has 1 atom stereocenters. The molecular weight excluding hydrogens is 269 g/mol. The maximum Gasteiger partial charge on any atom is 0.488 e. The van der Waals surface area contributed by atoms with Crippen LogP contribution in [0.5, 0.6) is 0 Å². The van der Waals surface area contributed by atoms with E-state index in [-0.39, 0.29) is 6.23 Å². The van der Waals surface area contributed by atoms with Gasteiger partial charge in [-0.3, -0.25) is 0 Å². The minimum Gasteiger partial charge on any atom is -0.423 e. The summed E-state index contributed by atoms with van der Waals surface area (Å²) in [5.41, 5.74) is 2.15. The average Bonchev–Trinajstić information content (AvgIpc) is 2.97. The number of aromatic nitrogens is 3. The van der Waals surface area contributed by atoms with Gasteiger partial charge < -0.3 is 14.8 Å². The zero-order valence-electron chi connectivity index (χ0n) is 11.9. The highest BCUT2D eigenvalue weighted by Gasteiger charge is 2.19. The molecule has 0 saturated carbocycles. The van der Waals surface area contributed by atoms with Crippen molar-refractivity contribution in [1.29, 1.82) is 0 Å². The molecule has 1 fully saturated rings. The zero-order chi connectivity index (χ0) is 14.8. The number of rotatable bonds is 3. The maximum atomic E-state index is 9.24. The van der Waals surface area contributed by atoms with E-state index in [0.717, 1.165) is 37.0 Å². The molecule has 1 aliphatic heterocycles. The van der Waals surface area contributed by atoms with E-state index in [4.69, 9.17) is 4.74 Å². The Hall–Kier alpha value is -1.70. The number of nitrogens with zero attached hydrogens (tertiary/aromatic N) is 3. The van der Waals surface area contributed by atoms with Crippen molar-refractivity contribution in [2.45, 2.75) is 32.4 Å². The number of aryl methyl sites for hydroxylation is 1. The summed E-state index contributed by atoms with van der Waals surface area (Å²) in [6.45, 7) is 2.60. The van der Waals surface area contributed by atoms with Crippen LogP contribution in [0.15, 0.2) is 24.5 Å². The summed E-state index contributed by atoms with van der Waals surface area (Å²) in [5, 5.41) is 23.0. The van der Waals surface area contributed by atoms with Crippen LogP contribution in [0.25, 0.3) is 11.4 Å². The number of benzene rings is 1. The number of hydrogen-bond donors (Lipinski definition) is 2. The van der Waals surface area contributed by atoms with E-state index < -0.39 is 7.12 Å². The molecule has 6 nitrogen and oxygen atoms in total. The Labute approximate surface area is 123 Å². The molecule has 0 bridgehead atoms. The lowest BCUT2D eigenvalue weighted by atomic mass is 9.77. The first-order chi connectivity index (χ1) is 10.1. The summed E-state index contributed by atoms with van der Waals surface area (Å²) in [6.07, 6.45) is 4.86. The van der Waals surface area contributed by atoms with Gasteiger partial charge in [0.2, 0.25) is 0 Å². The van der Waals surface area contributed by atoms with Crippen molar-refractivity contribution in [3.8, 4) is 11.4 Å². The Kier molecular flexibility index (Phi) is 4.05. The van der Waals surface area contributed by atoms with Gasteiger partial charge in [-0.1, -0.05) is 17.7 Å². The molecule has 0 amide bonds. The molecule has 0 aliphatic carbocycles. The lowest BCUT2D eigenvalue weighted by molar-refractivity contribution is -0.0395. The lowest BCUT2D eigenvalue weighted by Crippen LogP contribution is -2.31. The lowest BCUT2D eigenvalue weighted by Gasteiger charge is -2.21.